The molecule has 0 unspecified atom stereocenters. The fourth-order valence-electron chi connectivity index (χ4n) is 3.07. The lowest BCUT2D eigenvalue weighted by molar-refractivity contribution is -0.288. The molecule has 13 heteroatoms. The van der Waals surface area contributed by atoms with E-state index in [0.29, 0.717) is 0 Å². The van der Waals surface area contributed by atoms with Crippen LogP contribution in [-0.4, -0.2) is 66.4 Å². The smallest absolute Gasteiger partial charge is 0.303 e. The van der Waals surface area contributed by atoms with Crippen LogP contribution in [0.4, 0.5) is 5.69 Å². The molecule has 0 aromatic heterocycles. The molecule has 0 radical (unpaired) electrons. The van der Waals surface area contributed by atoms with Crippen molar-refractivity contribution >= 4 is 29.6 Å². The van der Waals surface area contributed by atoms with Gasteiger partial charge >= 0.3 is 23.9 Å². The first-order chi connectivity index (χ1) is 15.5. The maximum atomic E-state index is 11.8. The summed E-state index contributed by atoms with van der Waals surface area (Å²) in [4.78, 5) is 46.6. The lowest BCUT2D eigenvalue weighted by Crippen LogP contribution is -2.63. The van der Waals surface area contributed by atoms with Crippen LogP contribution in [-0.2, 0) is 42.9 Å². The van der Waals surface area contributed by atoms with Gasteiger partial charge in [0.1, 0.15) is 18.5 Å². The van der Waals surface area contributed by atoms with Crippen molar-refractivity contribution in [3.8, 4) is 5.75 Å². The number of carbonyl (C=O) groups is 4. The second kappa shape index (κ2) is 11.4. The van der Waals surface area contributed by atoms with E-state index in [1.165, 1.54) is 24.3 Å². The molecule has 0 saturated carbocycles. The van der Waals surface area contributed by atoms with Crippen molar-refractivity contribution in [3.63, 3.8) is 0 Å². The van der Waals surface area contributed by atoms with Crippen LogP contribution < -0.4 is 9.96 Å². The minimum atomic E-state index is -1.41. The molecule has 1 N–H and O–H groups in total. The molecule has 1 aromatic rings. The molecule has 1 aliphatic rings. The second-order valence-electron chi connectivity index (χ2n) is 6.95. The van der Waals surface area contributed by atoms with Crippen molar-refractivity contribution in [3.05, 3.63) is 29.5 Å². The molecular formula is C20H24NO12-. The van der Waals surface area contributed by atoms with E-state index in [2.05, 4.69) is 0 Å². The van der Waals surface area contributed by atoms with Crippen LogP contribution in [0.5, 0.6) is 5.75 Å². The third kappa shape index (κ3) is 7.59. The van der Waals surface area contributed by atoms with Crippen LogP contribution in [0.2, 0.25) is 0 Å². The second-order valence-corrected chi connectivity index (χ2v) is 6.95. The zero-order valence-electron chi connectivity index (χ0n) is 18.3. The summed E-state index contributed by atoms with van der Waals surface area (Å²) in [7, 11) is 0. The van der Waals surface area contributed by atoms with Crippen molar-refractivity contribution in [1.82, 2.24) is 0 Å². The number of esters is 4. The van der Waals surface area contributed by atoms with Crippen LogP contribution in [0.3, 0.4) is 0 Å². The highest BCUT2D eigenvalue weighted by molar-refractivity contribution is 5.68. The predicted molar refractivity (Wildman–Crippen MR) is 107 cm³/mol. The van der Waals surface area contributed by atoms with Gasteiger partial charge in [-0.2, -0.15) is 0 Å². The molecule has 1 aliphatic heterocycles. The highest BCUT2D eigenvalue weighted by Gasteiger charge is 2.53. The van der Waals surface area contributed by atoms with E-state index in [-0.39, 0.29) is 16.7 Å². The van der Waals surface area contributed by atoms with Crippen molar-refractivity contribution in [1.29, 1.82) is 0 Å². The van der Waals surface area contributed by atoms with Gasteiger partial charge < -0.3 is 38.9 Å². The van der Waals surface area contributed by atoms with Gasteiger partial charge in [-0.05, 0) is 24.3 Å². The van der Waals surface area contributed by atoms with Crippen LogP contribution in [0, 0.1) is 5.21 Å². The predicted octanol–water partition coefficient (Wildman–Crippen LogP) is 0.842. The summed E-state index contributed by atoms with van der Waals surface area (Å²) in [5, 5.41) is 19.6. The molecule has 1 saturated heterocycles. The normalized spacial score (nSPS) is 24.2. The van der Waals surface area contributed by atoms with Gasteiger partial charge in [-0.25, -0.2) is 0 Å². The molecule has 33 heavy (non-hydrogen) atoms. The molecule has 0 bridgehead atoms. The van der Waals surface area contributed by atoms with E-state index in [1.54, 1.807) is 0 Å². The Bertz CT molecular complexity index is 855. The van der Waals surface area contributed by atoms with Gasteiger partial charge in [-0.1, -0.05) is 0 Å². The van der Waals surface area contributed by atoms with Crippen LogP contribution in [0.25, 0.3) is 0 Å². The molecule has 0 spiro atoms. The largest absolute Gasteiger partial charge is 0.733 e. The maximum Gasteiger partial charge on any atom is 0.303 e. The SMILES string of the molecule is CC(=O)OC[C@H]1O[C@@H](Oc2ccc(N([O-])O)cc2)[C@H](OC(C)=O)[C@@H](OC(C)=O)[C@@H]1OC(C)=O. The number of hydrogen-bond acceptors (Lipinski definition) is 13. The number of ether oxygens (including phenoxy) is 6. The zero-order chi connectivity index (χ0) is 24.7. The standard InChI is InChI=1S/C20H24NO12/c1-10(22)28-9-16-17(29-11(2)23)18(30-12(3)24)19(31-13(4)25)20(33-16)32-15-7-5-14(6-8-15)21(26)27/h5-8,16-20,26H,9H2,1-4H3/q-1/t16-,17-,18+,19-,20-/m1/s1. The molecule has 0 aliphatic carbocycles. The highest BCUT2D eigenvalue weighted by Crippen LogP contribution is 2.31. The van der Waals surface area contributed by atoms with Crippen LogP contribution >= 0.6 is 0 Å². The van der Waals surface area contributed by atoms with E-state index in [4.69, 9.17) is 33.6 Å². The van der Waals surface area contributed by atoms with Gasteiger partial charge in [0.2, 0.25) is 12.4 Å². The minimum absolute atomic E-state index is 0.0797. The van der Waals surface area contributed by atoms with E-state index < -0.39 is 61.2 Å². The molecule has 2 rings (SSSR count). The first-order valence-corrected chi connectivity index (χ1v) is 9.71. The van der Waals surface area contributed by atoms with Crippen LogP contribution in [0.1, 0.15) is 27.7 Å². The summed E-state index contributed by atoms with van der Waals surface area (Å²) in [6.07, 6.45) is -6.64. The summed E-state index contributed by atoms with van der Waals surface area (Å²) in [6, 6.07) is 5.14. The van der Waals surface area contributed by atoms with Gasteiger partial charge in [0.15, 0.2) is 12.2 Å². The Morgan fingerprint density at radius 2 is 1.39 bits per heavy atom. The zero-order valence-corrected chi connectivity index (χ0v) is 18.3. The van der Waals surface area contributed by atoms with E-state index in [9.17, 15) is 24.4 Å². The summed E-state index contributed by atoms with van der Waals surface area (Å²) >= 11 is 0. The summed E-state index contributed by atoms with van der Waals surface area (Å²) in [5.74, 6) is -2.82. The summed E-state index contributed by atoms with van der Waals surface area (Å²) in [6.45, 7) is 4.08. The molecule has 1 fully saturated rings. The third-order valence-corrected chi connectivity index (χ3v) is 4.26. The van der Waals surface area contributed by atoms with E-state index >= 15 is 0 Å². The quantitative estimate of drug-likeness (QED) is 0.322. The first kappa shape index (κ1) is 25.8. The average molecular weight is 470 g/mol. The van der Waals surface area contributed by atoms with E-state index in [0.717, 1.165) is 27.7 Å². The molecule has 5 atom stereocenters. The van der Waals surface area contributed by atoms with Gasteiger partial charge in [-0.3, -0.25) is 24.4 Å². The lowest BCUT2D eigenvalue weighted by atomic mass is 9.98. The van der Waals surface area contributed by atoms with Crippen molar-refractivity contribution < 1.29 is 52.8 Å². The average Bonchev–Trinajstić information content (AvgIpc) is 2.70. The molecular weight excluding hydrogens is 446 g/mol. The van der Waals surface area contributed by atoms with Crippen molar-refractivity contribution in [2.75, 3.05) is 11.8 Å². The Morgan fingerprint density at radius 1 is 0.879 bits per heavy atom. The molecule has 182 valence electrons. The van der Waals surface area contributed by atoms with Gasteiger partial charge in [-0.15, -0.1) is 0 Å². The number of rotatable bonds is 8. The molecule has 1 heterocycles. The van der Waals surface area contributed by atoms with Crippen LogP contribution in [0.15, 0.2) is 24.3 Å². The minimum Gasteiger partial charge on any atom is -0.733 e. The Kier molecular flexibility index (Phi) is 8.96. The fourth-order valence-corrected chi connectivity index (χ4v) is 3.07. The topological polar surface area (TPSA) is 170 Å². The summed E-state index contributed by atoms with van der Waals surface area (Å²) in [5.41, 5.74) is -0.0797. The number of carbonyl (C=O) groups excluding carboxylic acids is 4. The van der Waals surface area contributed by atoms with Crippen molar-refractivity contribution in [2.24, 2.45) is 0 Å². The monoisotopic (exact) mass is 470 g/mol. The van der Waals surface area contributed by atoms with Gasteiger partial charge in [0.05, 0.1) is 5.69 Å². The molecule has 1 aromatic carbocycles. The number of hydrogen-bond donors (Lipinski definition) is 1. The Labute approximate surface area is 188 Å². The number of benzene rings is 1. The Morgan fingerprint density at radius 3 is 1.88 bits per heavy atom. The Balaban J connectivity index is 2.42. The Hall–Kier alpha value is -3.42. The maximum absolute atomic E-state index is 11.8. The lowest BCUT2D eigenvalue weighted by Gasteiger charge is -2.43. The van der Waals surface area contributed by atoms with Gasteiger partial charge in [0, 0.05) is 27.7 Å². The number of nitrogens with zero attached hydrogens (tertiary/aromatic N) is 1. The van der Waals surface area contributed by atoms with E-state index in [1.807, 2.05) is 0 Å². The third-order valence-electron chi connectivity index (χ3n) is 4.26. The molecule has 0 amide bonds. The fraction of sp³-hybridized carbons (Fsp3) is 0.500. The highest BCUT2D eigenvalue weighted by atomic mass is 16.8. The number of anilines is 1. The van der Waals surface area contributed by atoms with Gasteiger partial charge in [0.25, 0.3) is 0 Å². The molecule has 13 nitrogen and oxygen atoms in total. The summed E-state index contributed by atoms with van der Waals surface area (Å²) < 4.78 is 32.3. The first-order valence-electron chi connectivity index (χ1n) is 9.71. The van der Waals surface area contributed by atoms with Crippen molar-refractivity contribution in [2.45, 2.75) is 58.4 Å².